The molecule has 90 valence electrons. The van der Waals surface area contributed by atoms with Gasteiger partial charge in [0.25, 0.3) is 0 Å². The first-order valence-electron chi connectivity index (χ1n) is 5.07. The number of aliphatic hydroxyl groups excluding tert-OH is 2. The number of nitrogens with zero attached hydrogens (tertiary/aromatic N) is 2. The molecule has 0 aliphatic heterocycles. The van der Waals surface area contributed by atoms with Crippen LogP contribution < -0.4 is 10.1 Å². The first kappa shape index (κ1) is 12.8. The number of methoxy groups -OCH3 is 1. The van der Waals surface area contributed by atoms with Crippen molar-refractivity contribution >= 4 is 0 Å². The van der Waals surface area contributed by atoms with E-state index in [1.165, 1.54) is 7.11 Å². The molecule has 3 N–H and O–H groups in total. The molecule has 0 amide bonds. The normalized spacial score (nSPS) is 14.5. The molecule has 1 rings (SSSR count). The molecule has 16 heavy (non-hydrogen) atoms. The van der Waals surface area contributed by atoms with Gasteiger partial charge in [-0.2, -0.15) is 0 Å². The van der Waals surface area contributed by atoms with Gasteiger partial charge < -0.3 is 20.3 Å². The van der Waals surface area contributed by atoms with Gasteiger partial charge in [-0.05, 0) is 26.1 Å². The highest BCUT2D eigenvalue weighted by Crippen LogP contribution is 2.17. The fourth-order valence-electron chi connectivity index (χ4n) is 1.24. The van der Waals surface area contributed by atoms with Crippen LogP contribution >= 0.6 is 0 Å². The molecule has 0 aromatic carbocycles. The van der Waals surface area contributed by atoms with Crippen molar-refractivity contribution in [3.8, 4) is 5.88 Å². The van der Waals surface area contributed by atoms with Gasteiger partial charge in [0.15, 0.2) is 0 Å². The Morgan fingerprint density at radius 2 is 2.12 bits per heavy atom. The number of aliphatic hydroxyl groups is 2. The lowest BCUT2D eigenvalue weighted by Crippen LogP contribution is -2.24. The zero-order chi connectivity index (χ0) is 12.0. The van der Waals surface area contributed by atoms with Gasteiger partial charge in [-0.1, -0.05) is 0 Å². The highest BCUT2D eigenvalue weighted by molar-refractivity contribution is 5.13. The number of nitrogens with one attached hydrogen (secondary N) is 1. The Kier molecular flexibility index (Phi) is 5.10. The second-order valence-corrected chi connectivity index (χ2v) is 3.40. The first-order valence-corrected chi connectivity index (χ1v) is 5.07. The minimum absolute atomic E-state index is 0.337. The fourth-order valence-corrected chi connectivity index (χ4v) is 1.24. The number of hydrogen-bond acceptors (Lipinski definition) is 6. The van der Waals surface area contributed by atoms with E-state index in [0.29, 0.717) is 24.5 Å². The maximum absolute atomic E-state index is 9.76. The molecule has 0 spiro atoms. The summed E-state index contributed by atoms with van der Waals surface area (Å²) >= 11 is 0. The summed E-state index contributed by atoms with van der Waals surface area (Å²) in [4.78, 5) is 0. The first-order chi connectivity index (χ1) is 7.69. The van der Waals surface area contributed by atoms with Crippen LogP contribution in [0.15, 0.2) is 12.1 Å². The lowest BCUT2D eigenvalue weighted by Gasteiger charge is -2.16. The lowest BCUT2D eigenvalue weighted by atomic mass is 10.1. The van der Waals surface area contributed by atoms with Crippen molar-refractivity contribution in [2.45, 2.75) is 18.6 Å². The monoisotopic (exact) mass is 227 g/mol. The van der Waals surface area contributed by atoms with Crippen LogP contribution in [0.4, 0.5) is 0 Å². The molecule has 1 aromatic rings. The summed E-state index contributed by atoms with van der Waals surface area (Å²) in [6, 6.07) is 3.18. The van der Waals surface area contributed by atoms with E-state index in [1.807, 2.05) is 0 Å². The summed E-state index contributed by atoms with van der Waals surface area (Å²) in [5.41, 5.74) is 0.337. The molecule has 0 aliphatic rings. The molecule has 0 saturated heterocycles. The molecule has 0 bridgehead atoms. The van der Waals surface area contributed by atoms with Crippen LogP contribution in [-0.2, 0) is 0 Å². The Balaban J connectivity index is 2.60. The predicted molar refractivity (Wildman–Crippen MR) is 58.1 cm³/mol. The van der Waals surface area contributed by atoms with Crippen LogP contribution in [0.2, 0.25) is 0 Å². The largest absolute Gasteiger partial charge is 0.480 e. The van der Waals surface area contributed by atoms with Crippen molar-refractivity contribution in [3.05, 3.63) is 17.8 Å². The molecule has 0 aliphatic carbocycles. The maximum Gasteiger partial charge on any atom is 0.233 e. The summed E-state index contributed by atoms with van der Waals surface area (Å²) in [5.74, 6) is 0.376. The Hall–Kier alpha value is -1.24. The number of rotatable bonds is 6. The lowest BCUT2D eigenvalue weighted by molar-refractivity contribution is 0.0109. The van der Waals surface area contributed by atoms with Crippen molar-refractivity contribution in [2.24, 2.45) is 0 Å². The molecule has 6 nitrogen and oxygen atoms in total. The molecule has 0 radical (unpaired) electrons. The van der Waals surface area contributed by atoms with Crippen LogP contribution in [0.25, 0.3) is 0 Å². The third-order valence-corrected chi connectivity index (χ3v) is 2.23. The highest BCUT2D eigenvalue weighted by atomic mass is 16.5. The minimum atomic E-state index is -1.02. The summed E-state index contributed by atoms with van der Waals surface area (Å²) in [5, 5.41) is 29.8. The third-order valence-electron chi connectivity index (χ3n) is 2.23. The summed E-state index contributed by atoms with van der Waals surface area (Å²) in [7, 11) is 3.27. The molecule has 2 unspecified atom stereocenters. The Morgan fingerprint density at radius 1 is 1.38 bits per heavy atom. The highest BCUT2D eigenvalue weighted by Gasteiger charge is 2.19. The van der Waals surface area contributed by atoms with Gasteiger partial charge in [0, 0.05) is 6.07 Å². The molecule has 1 aromatic heterocycles. The quantitative estimate of drug-likeness (QED) is 0.606. The van der Waals surface area contributed by atoms with Crippen LogP contribution in [-0.4, -0.2) is 47.2 Å². The number of ether oxygens (including phenoxy) is 1. The van der Waals surface area contributed by atoms with Gasteiger partial charge in [-0.15, -0.1) is 10.2 Å². The van der Waals surface area contributed by atoms with E-state index >= 15 is 0 Å². The molecule has 6 heteroatoms. The van der Waals surface area contributed by atoms with Crippen LogP contribution in [0.1, 0.15) is 18.2 Å². The van der Waals surface area contributed by atoms with E-state index in [4.69, 9.17) is 4.74 Å². The molecular formula is C10H17N3O3. The molecule has 0 saturated carbocycles. The molecule has 0 fully saturated rings. The Morgan fingerprint density at radius 3 is 2.62 bits per heavy atom. The van der Waals surface area contributed by atoms with Gasteiger partial charge in [-0.25, -0.2) is 0 Å². The average molecular weight is 227 g/mol. The summed E-state index contributed by atoms with van der Waals surface area (Å²) in [6.45, 7) is 0.627. The topological polar surface area (TPSA) is 87.5 Å². The van der Waals surface area contributed by atoms with E-state index < -0.39 is 12.2 Å². The summed E-state index contributed by atoms with van der Waals surface area (Å²) in [6.07, 6.45) is -1.42. The van der Waals surface area contributed by atoms with E-state index in [9.17, 15) is 10.2 Å². The molecule has 1 heterocycles. The van der Waals surface area contributed by atoms with E-state index in [0.717, 1.165) is 0 Å². The second kappa shape index (κ2) is 6.37. The van der Waals surface area contributed by atoms with Crippen LogP contribution in [0, 0.1) is 0 Å². The maximum atomic E-state index is 9.76. The van der Waals surface area contributed by atoms with Gasteiger partial charge in [0.05, 0.1) is 18.9 Å². The minimum Gasteiger partial charge on any atom is -0.480 e. The standard InChI is InChI=1S/C10H17N3O3/c1-11-6-5-8(14)10(15)7-3-4-9(16-2)13-12-7/h3-4,8,10-11,14-15H,5-6H2,1-2H3. The zero-order valence-corrected chi connectivity index (χ0v) is 9.42. The summed E-state index contributed by atoms with van der Waals surface area (Å²) < 4.78 is 4.85. The fraction of sp³-hybridized carbons (Fsp3) is 0.600. The van der Waals surface area contributed by atoms with Crippen molar-refractivity contribution in [3.63, 3.8) is 0 Å². The number of hydrogen-bond donors (Lipinski definition) is 3. The van der Waals surface area contributed by atoms with Gasteiger partial charge >= 0.3 is 0 Å². The van der Waals surface area contributed by atoms with Crippen LogP contribution in [0.3, 0.4) is 0 Å². The van der Waals surface area contributed by atoms with Crippen molar-refractivity contribution < 1.29 is 14.9 Å². The van der Waals surface area contributed by atoms with E-state index in [2.05, 4.69) is 15.5 Å². The third kappa shape index (κ3) is 3.41. The smallest absolute Gasteiger partial charge is 0.233 e. The molecule has 2 atom stereocenters. The Labute approximate surface area is 94.3 Å². The van der Waals surface area contributed by atoms with E-state index in [-0.39, 0.29) is 0 Å². The average Bonchev–Trinajstić information content (AvgIpc) is 2.35. The van der Waals surface area contributed by atoms with Crippen molar-refractivity contribution in [1.82, 2.24) is 15.5 Å². The second-order valence-electron chi connectivity index (χ2n) is 3.40. The molecular weight excluding hydrogens is 210 g/mol. The number of aromatic nitrogens is 2. The van der Waals surface area contributed by atoms with Crippen LogP contribution in [0.5, 0.6) is 5.88 Å². The Bertz CT molecular complexity index is 305. The van der Waals surface area contributed by atoms with Crippen molar-refractivity contribution in [1.29, 1.82) is 0 Å². The van der Waals surface area contributed by atoms with Crippen molar-refractivity contribution in [2.75, 3.05) is 20.7 Å². The zero-order valence-electron chi connectivity index (χ0n) is 9.42. The van der Waals surface area contributed by atoms with Gasteiger partial charge in [0.1, 0.15) is 6.10 Å². The van der Waals surface area contributed by atoms with Gasteiger partial charge in [-0.3, -0.25) is 0 Å². The SMILES string of the molecule is CNCCC(O)C(O)c1ccc(OC)nn1. The van der Waals surface area contributed by atoms with E-state index in [1.54, 1.807) is 19.2 Å². The van der Waals surface area contributed by atoms with Gasteiger partial charge in [0.2, 0.25) is 5.88 Å². The predicted octanol–water partition coefficient (Wildman–Crippen LogP) is -0.511.